The standard InChI is InChI=1S/C19H23N5O2/c1-14-10-22-16(11-21-14)18(25)24-8-4-6-19(13-24)9-15(12-26-19)23-17-5-2-3-7-20-17/h2-3,5,7,10-11,15H,4,6,8-9,12-13H2,1H3,(H,20,23)/t15-,19-/m0/s1. The molecule has 2 saturated heterocycles. The molecule has 136 valence electrons. The van der Waals surface area contributed by atoms with Gasteiger partial charge < -0.3 is 15.0 Å². The highest BCUT2D eigenvalue weighted by atomic mass is 16.5. The van der Waals surface area contributed by atoms with E-state index in [1.165, 1.54) is 0 Å². The molecule has 1 amide bonds. The second kappa shape index (κ2) is 6.99. The van der Waals surface area contributed by atoms with Crippen LogP contribution in [0.15, 0.2) is 36.8 Å². The lowest BCUT2D eigenvalue weighted by atomic mass is 9.88. The second-order valence-electron chi connectivity index (χ2n) is 7.13. The van der Waals surface area contributed by atoms with Crippen molar-refractivity contribution >= 4 is 11.7 Å². The van der Waals surface area contributed by atoms with Crippen molar-refractivity contribution in [2.75, 3.05) is 25.0 Å². The zero-order valence-corrected chi connectivity index (χ0v) is 14.9. The topological polar surface area (TPSA) is 80.2 Å². The Morgan fingerprint density at radius 2 is 2.23 bits per heavy atom. The van der Waals surface area contributed by atoms with Crippen LogP contribution in [0.3, 0.4) is 0 Å². The van der Waals surface area contributed by atoms with Gasteiger partial charge in [0.05, 0.1) is 36.7 Å². The van der Waals surface area contributed by atoms with Crippen LogP contribution in [0.5, 0.6) is 0 Å². The van der Waals surface area contributed by atoms with Gasteiger partial charge in [-0.05, 0) is 31.9 Å². The van der Waals surface area contributed by atoms with E-state index >= 15 is 0 Å². The maximum Gasteiger partial charge on any atom is 0.274 e. The van der Waals surface area contributed by atoms with Crippen LogP contribution in [0.1, 0.15) is 35.4 Å². The Morgan fingerprint density at radius 1 is 1.31 bits per heavy atom. The zero-order valence-electron chi connectivity index (χ0n) is 14.9. The third kappa shape index (κ3) is 3.53. The maximum atomic E-state index is 12.8. The highest BCUT2D eigenvalue weighted by Gasteiger charge is 2.44. The molecule has 2 aromatic heterocycles. The number of amides is 1. The molecule has 4 rings (SSSR count). The van der Waals surface area contributed by atoms with E-state index in [4.69, 9.17) is 4.74 Å². The average Bonchev–Trinajstić information content (AvgIpc) is 3.04. The number of carbonyl (C=O) groups excluding carboxylic acids is 1. The summed E-state index contributed by atoms with van der Waals surface area (Å²) < 4.78 is 6.18. The zero-order chi connectivity index (χ0) is 18.0. The predicted octanol–water partition coefficient (Wildman–Crippen LogP) is 2.06. The summed E-state index contributed by atoms with van der Waals surface area (Å²) in [4.78, 5) is 27.3. The van der Waals surface area contributed by atoms with Crippen molar-refractivity contribution in [1.29, 1.82) is 0 Å². The molecule has 1 spiro atoms. The maximum absolute atomic E-state index is 12.8. The lowest BCUT2D eigenvalue weighted by Gasteiger charge is -2.39. The van der Waals surface area contributed by atoms with Gasteiger partial charge in [0.25, 0.3) is 5.91 Å². The summed E-state index contributed by atoms with van der Waals surface area (Å²) in [7, 11) is 0. The minimum Gasteiger partial charge on any atom is -0.371 e. The normalized spacial score (nSPS) is 25.4. The SMILES string of the molecule is Cc1cnc(C(=O)N2CCC[C@]3(C[C@H](Nc4ccccn4)CO3)C2)cn1. The van der Waals surface area contributed by atoms with Gasteiger partial charge in [-0.3, -0.25) is 9.78 Å². The van der Waals surface area contributed by atoms with Gasteiger partial charge in [-0.15, -0.1) is 0 Å². The largest absolute Gasteiger partial charge is 0.371 e. The molecule has 26 heavy (non-hydrogen) atoms. The molecule has 0 unspecified atom stereocenters. The average molecular weight is 353 g/mol. The first-order valence-corrected chi connectivity index (χ1v) is 9.03. The molecule has 2 atom stereocenters. The fourth-order valence-electron chi connectivity index (χ4n) is 3.82. The summed E-state index contributed by atoms with van der Waals surface area (Å²) in [5.74, 6) is 0.790. The number of nitrogens with one attached hydrogen (secondary N) is 1. The van der Waals surface area contributed by atoms with Crippen LogP contribution >= 0.6 is 0 Å². The number of aryl methyl sites for hydroxylation is 1. The number of hydrogen-bond acceptors (Lipinski definition) is 6. The van der Waals surface area contributed by atoms with E-state index in [-0.39, 0.29) is 17.6 Å². The summed E-state index contributed by atoms with van der Waals surface area (Å²) in [5, 5.41) is 3.43. The number of aromatic nitrogens is 3. The Kier molecular flexibility index (Phi) is 4.55. The quantitative estimate of drug-likeness (QED) is 0.910. The molecule has 2 aromatic rings. The van der Waals surface area contributed by atoms with Gasteiger partial charge in [0, 0.05) is 25.4 Å². The number of carbonyl (C=O) groups is 1. The van der Waals surface area contributed by atoms with Crippen LogP contribution in [-0.4, -0.2) is 57.1 Å². The van der Waals surface area contributed by atoms with E-state index < -0.39 is 0 Å². The number of pyridine rings is 1. The summed E-state index contributed by atoms with van der Waals surface area (Å²) >= 11 is 0. The lowest BCUT2D eigenvalue weighted by Crippen LogP contribution is -2.50. The number of anilines is 1. The van der Waals surface area contributed by atoms with E-state index in [2.05, 4.69) is 20.3 Å². The Labute approximate surface area is 152 Å². The van der Waals surface area contributed by atoms with Gasteiger partial charge in [0.1, 0.15) is 11.5 Å². The summed E-state index contributed by atoms with van der Waals surface area (Å²) in [6.07, 6.45) is 7.73. The fourth-order valence-corrected chi connectivity index (χ4v) is 3.82. The van der Waals surface area contributed by atoms with Gasteiger partial charge in [-0.25, -0.2) is 9.97 Å². The van der Waals surface area contributed by atoms with E-state index in [0.29, 0.717) is 18.8 Å². The molecule has 0 saturated carbocycles. The summed E-state index contributed by atoms with van der Waals surface area (Å²) in [6.45, 7) is 3.82. The molecular weight excluding hydrogens is 330 g/mol. The van der Waals surface area contributed by atoms with E-state index in [1.807, 2.05) is 30.0 Å². The summed E-state index contributed by atoms with van der Waals surface area (Å²) in [5.41, 5.74) is 0.923. The molecule has 4 heterocycles. The van der Waals surface area contributed by atoms with Crippen molar-refractivity contribution in [2.45, 2.75) is 37.8 Å². The molecule has 7 nitrogen and oxygen atoms in total. The number of hydrogen-bond donors (Lipinski definition) is 1. The Morgan fingerprint density at radius 3 is 3.00 bits per heavy atom. The number of nitrogens with zero attached hydrogens (tertiary/aromatic N) is 4. The van der Waals surface area contributed by atoms with Crippen molar-refractivity contribution < 1.29 is 9.53 Å². The van der Waals surface area contributed by atoms with Crippen LogP contribution in [-0.2, 0) is 4.74 Å². The van der Waals surface area contributed by atoms with Crippen LogP contribution < -0.4 is 5.32 Å². The monoisotopic (exact) mass is 353 g/mol. The number of ether oxygens (including phenoxy) is 1. The van der Waals surface area contributed by atoms with Crippen molar-refractivity contribution in [1.82, 2.24) is 19.9 Å². The third-order valence-electron chi connectivity index (χ3n) is 5.05. The third-order valence-corrected chi connectivity index (χ3v) is 5.05. The van der Waals surface area contributed by atoms with E-state index in [9.17, 15) is 4.79 Å². The number of piperidine rings is 1. The first-order chi connectivity index (χ1) is 12.6. The molecule has 2 aliphatic rings. The van der Waals surface area contributed by atoms with Gasteiger partial charge in [-0.2, -0.15) is 0 Å². The molecular formula is C19H23N5O2. The fraction of sp³-hybridized carbons (Fsp3) is 0.474. The van der Waals surface area contributed by atoms with Crippen LogP contribution in [0, 0.1) is 6.92 Å². The van der Waals surface area contributed by atoms with Gasteiger partial charge in [0.2, 0.25) is 0 Å². The van der Waals surface area contributed by atoms with Crippen molar-refractivity contribution in [3.63, 3.8) is 0 Å². The Hall–Kier alpha value is -2.54. The Balaban J connectivity index is 1.41. The molecule has 7 heteroatoms. The van der Waals surface area contributed by atoms with Crippen LogP contribution in [0.4, 0.5) is 5.82 Å². The van der Waals surface area contributed by atoms with E-state index in [1.54, 1.807) is 18.6 Å². The smallest absolute Gasteiger partial charge is 0.274 e. The molecule has 0 radical (unpaired) electrons. The predicted molar refractivity (Wildman–Crippen MR) is 96.9 cm³/mol. The van der Waals surface area contributed by atoms with Gasteiger partial charge in [0.15, 0.2) is 0 Å². The molecule has 0 aliphatic carbocycles. The highest BCUT2D eigenvalue weighted by Crippen LogP contribution is 2.36. The molecule has 1 N–H and O–H groups in total. The second-order valence-corrected chi connectivity index (χ2v) is 7.13. The number of rotatable bonds is 3. The molecule has 2 aliphatic heterocycles. The van der Waals surface area contributed by atoms with Crippen molar-refractivity contribution in [3.05, 3.63) is 48.2 Å². The lowest BCUT2D eigenvalue weighted by molar-refractivity contribution is -0.0448. The van der Waals surface area contributed by atoms with Gasteiger partial charge >= 0.3 is 0 Å². The molecule has 2 fully saturated rings. The first kappa shape index (κ1) is 16.9. The summed E-state index contributed by atoms with van der Waals surface area (Å²) in [6, 6.07) is 6.03. The number of likely N-dealkylation sites (tertiary alicyclic amines) is 1. The van der Waals surface area contributed by atoms with Crippen LogP contribution in [0.2, 0.25) is 0 Å². The minimum absolute atomic E-state index is 0.0682. The van der Waals surface area contributed by atoms with E-state index in [0.717, 1.165) is 37.3 Å². The molecule has 0 bridgehead atoms. The van der Waals surface area contributed by atoms with Gasteiger partial charge in [-0.1, -0.05) is 6.07 Å². The van der Waals surface area contributed by atoms with Crippen molar-refractivity contribution in [3.8, 4) is 0 Å². The molecule has 0 aromatic carbocycles. The highest BCUT2D eigenvalue weighted by molar-refractivity contribution is 5.92. The minimum atomic E-state index is -0.279. The van der Waals surface area contributed by atoms with Crippen LogP contribution in [0.25, 0.3) is 0 Å². The van der Waals surface area contributed by atoms with Crippen molar-refractivity contribution in [2.24, 2.45) is 0 Å². The first-order valence-electron chi connectivity index (χ1n) is 9.03. The Bertz CT molecular complexity index is 767.